The summed E-state index contributed by atoms with van der Waals surface area (Å²) >= 11 is 0. The SMILES string of the molecule is CS(=O)(=O)NCC1CCCN(C(=O)c2ccc3c(c2)CCN3)C1. The van der Waals surface area contributed by atoms with Gasteiger partial charge in [0.25, 0.3) is 5.91 Å². The van der Waals surface area contributed by atoms with E-state index >= 15 is 0 Å². The molecule has 7 heteroatoms. The zero-order valence-electron chi connectivity index (χ0n) is 13.3. The number of sulfonamides is 1. The van der Waals surface area contributed by atoms with E-state index in [2.05, 4.69) is 10.0 Å². The standard InChI is InChI=1S/C16H23N3O3S/c1-23(21,22)18-10-12-3-2-8-19(11-12)16(20)14-4-5-15-13(9-14)6-7-17-15/h4-5,9,12,17-18H,2-3,6-8,10-11H2,1H3. The molecule has 1 atom stereocenters. The predicted octanol–water partition coefficient (Wildman–Crippen LogP) is 1.06. The Labute approximate surface area is 137 Å². The highest BCUT2D eigenvalue weighted by Gasteiger charge is 2.25. The highest BCUT2D eigenvalue weighted by molar-refractivity contribution is 7.88. The molecule has 0 aliphatic carbocycles. The van der Waals surface area contributed by atoms with Crippen LogP contribution in [0.15, 0.2) is 18.2 Å². The molecule has 1 fully saturated rings. The number of likely N-dealkylation sites (tertiary alicyclic amines) is 1. The molecular formula is C16H23N3O3S. The number of rotatable bonds is 4. The van der Waals surface area contributed by atoms with Gasteiger partial charge in [-0.25, -0.2) is 13.1 Å². The van der Waals surface area contributed by atoms with Gasteiger partial charge >= 0.3 is 0 Å². The van der Waals surface area contributed by atoms with Crippen LogP contribution in [0.1, 0.15) is 28.8 Å². The molecule has 0 radical (unpaired) electrons. The largest absolute Gasteiger partial charge is 0.384 e. The average Bonchev–Trinajstić information content (AvgIpc) is 2.99. The van der Waals surface area contributed by atoms with Crippen molar-refractivity contribution in [3.05, 3.63) is 29.3 Å². The van der Waals surface area contributed by atoms with Crippen LogP contribution in [0.2, 0.25) is 0 Å². The van der Waals surface area contributed by atoms with Crippen molar-refractivity contribution in [3.8, 4) is 0 Å². The molecule has 0 bridgehead atoms. The Morgan fingerprint density at radius 2 is 2.26 bits per heavy atom. The van der Waals surface area contributed by atoms with Gasteiger partial charge in [0.1, 0.15) is 0 Å². The molecule has 1 aromatic rings. The Kier molecular flexibility index (Phi) is 4.59. The summed E-state index contributed by atoms with van der Waals surface area (Å²) in [4.78, 5) is 14.6. The molecule has 0 aromatic heterocycles. The Morgan fingerprint density at radius 3 is 3.04 bits per heavy atom. The van der Waals surface area contributed by atoms with Crippen molar-refractivity contribution >= 4 is 21.6 Å². The van der Waals surface area contributed by atoms with Crippen molar-refractivity contribution in [1.29, 1.82) is 0 Å². The van der Waals surface area contributed by atoms with Gasteiger partial charge in [-0.05, 0) is 48.9 Å². The highest BCUT2D eigenvalue weighted by Crippen LogP contribution is 2.25. The Balaban J connectivity index is 1.65. The minimum Gasteiger partial charge on any atom is -0.384 e. The zero-order chi connectivity index (χ0) is 16.4. The fourth-order valence-electron chi connectivity index (χ4n) is 3.31. The first-order chi connectivity index (χ1) is 10.9. The lowest BCUT2D eigenvalue weighted by molar-refractivity contribution is 0.0676. The number of nitrogens with zero attached hydrogens (tertiary/aromatic N) is 1. The molecule has 2 N–H and O–H groups in total. The van der Waals surface area contributed by atoms with Gasteiger partial charge in [-0.1, -0.05) is 0 Å². The lowest BCUT2D eigenvalue weighted by atomic mass is 9.97. The van der Waals surface area contributed by atoms with E-state index in [1.807, 2.05) is 23.1 Å². The molecular weight excluding hydrogens is 314 g/mol. The van der Waals surface area contributed by atoms with E-state index < -0.39 is 10.0 Å². The summed E-state index contributed by atoms with van der Waals surface area (Å²) in [5, 5.41) is 3.29. The first-order valence-electron chi connectivity index (χ1n) is 8.03. The van der Waals surface area contributed by atoms with Crippen molar-refractivity contribution in [3.63, 3.8) is 0 Å². The Bertz CT molecular complexity index is 703. The third-order valence-corrected chi connectivity index (χ3v) is 5.19. The maximum atomic E-state index is 12.7. The number of hydrogen-bond donors (Lipinski definition) is 2. The second kappa shape index (κ2) is 6.49. The van der Waals surface area contributed by atoms with Crippen molar-refractivity contribution in [1.82, 2.24) is 9.62 Å². The minimum absolute atomic E-state index is 0.0451. The number of hydrogen-bond acceptors (Lipinski definition) is 4. The summed E-state index contributed by atoms with van der Waals surface area (Å²) in [5.74, 6) is 0.224. The number of nitrogens with one attached hydrogen (secondary N) is 2. The number of carbonyl (C=O) groups excluding carboxylic acids is 1. The molecule has 2 aliphatic heterocycles. The van der Waals surface area contributed by atoms with Crippen LogP contribution in [-0.2, 0) is 16.4 Å². The highest BCUT2D eigenvalue weighted by atomic mass is 32.2. The lowest BCUT2D eigenvalue weighted by Gasteiger charge is -2.33. The number of piperidine rings is 1. The van der Waals surface area contributed by atoms with Crippen molar-refractivity contribution in [2.24, 2.45) is 5.92 Å². The third-order valence-electron chi connectivity index (χ3n) is 4.50. The Hall–Kier alpha value is -1.60. The van der Waals surface area contributed by atoms with Crippen LogP contribution in [0.25, 0.3) is 0 Å². The molecule has 0 spiro atoms. The van der Waals surface area contributed by atoms with E-state index in [-0.39, 0.29) is 11.8 Å². The fraction of sp³-hybridized carbons (Fsp3) is 0.562. The fourth-order valence-corrected chi connectivity index (χ4v) is 3.84. The van der Waals surface area contributed by atoms with E-state index in [0.717, 1.165) is 49.9 Å². The van der Waals surface area contributed by atoms with Gasteiger partial charge in [-0.3, -0.25) is 4.79 Å². The van der Waals surface area contributed by atoms with Gasteiger partial charge in [-0.15, -0.1) is 0 Å². The normalized spacial score (nSPS) is 20.9. The van der Waals surface area contributed by atoms with Crippen LogP contribution in [0, 0.1) is 5.92 Å². The molecule has 1 amide bonds. The van der Waals surface area contributed by atoms with E-state index in [4.69, 9.17) is 0 Å². The first kappa shape index (κ1) is 16.3. The maximum absolute atomic E-state index is 12.7. The van der Waals surface area contributed by atoms with Gasteiger partial charge in [0.05, 0.1) is 6.26 Å². The second-order valence-electron chi connectivity index (χ2n) is 6.43. The summed E-state index contributed by atoms with van der Waals surface area (Å²) < 4.78 is 25.0. The summed E-state index contributed by atoms with van der Waals surface area (Å²) in [6.07, 6.45) is 3.98. The predicted molar refractivity (Wildman–Crippen MR) is 90.1 cm³/mol. The van der Waals surface area contributed by atoms with Crippen LogP contribution in [0.4, 0.5) is 5.69 Å². The monoisotopic (exact) mass is 337 g/mol. The van der Waals surface area contributed by atoms with Gasteiger partial charge in [0, 0.05) is 37.4 Å². The van der Waals surface area contributed by atoms with Crippen molar-refractivity contribution < 1.29 is 13.2 Å². The van der Waals surface area contributed by atoms with E-state index in [0.29, 0.717) is 13.1 Å². The van der Waals surface area contributed by atoms with Gasteiger partial charge < -0.3 is 10.2 Å². The van der Waals surface area contributed by atoms with E-state index in [1.54, 1.807) is 0 Å². The molecule has 23 heavy (non-hydrogen) atoms. The number of anilines is 1. The van der Waals surface area contributed by atoms with Gasteiger partial charge in [0.2, 0.25) is 10.0 Å². The summed E-state index contributed by atoms with van der Waals surface area (Å²) in [7, 11) is -3.18. The quantitative estimate of drug-likeness (QED) is 0.861. The van der Waals surface area contributed by atoms with E-state index in [1.165, 1.54) is 5.56 Å². The molecule has 6 nitrogen and oxygen atoms in total. The topological polar surface area (TPSA) is 78.5 Å². The minimum atomic E-state index is -3.18. The lowest BCUT2D eigenvalue weighted by Crippen LogP contribution is -2.43. The van der Waals surface area contributed by atoms with Gasteiger partial charge in [0.15, 0.2) is 0 Å². The molecule has 3 rings (SSSR count). The van der Waals surface area contributed by atoms with Gasteiger partial charge in [-0.2, -0.15) is 0 Å². The molecule has 1 unspecified atom stereocenters. The molecule has 1 saturated heterocycles. The van der Waals surface area contributed by atoms with Crippen LogP contribution in [0.5, 0.6) is 0 Å². The molecule has 126 valence electrons. The number of fused-ring (bicyclic) bond motifs is 1. The molecule has 2 heterocycles. The smallest absolute Gasteiger partial charge is 0.253 e. The average molecular weight is 337 g/mol. The molecule has 2 aliphatic rings. The van der Waals surface area contributed by atoms with Crippen molar-refractivity contribution in [2.45, 2.75) is 19.3 Å². The van der Waals surface area contributed by atoms with Crippen molar-refractivity contribution in [2.75, 3.05) is 37.8 Å². The summed E-state index contributed by atoms with van der Waals surface area (Å²) in [6.45, 7) is 2.67. The number of benzene rings is 1. The second-order valence-corrected chi connectivity index (χ2v) is 8.26. The van der Waals surface area contributed by atoms with E-state index in [9.17, 15) is 13.2 Å². The summed E-state index contributed by atoms with van der Waals surface area (Å²) in [5.41, 5.74) is 3.04. The van der Waals surface area contributed by atoms with Crippen LogP contribution in [0.3, 0.4) is 0 Å². The third kappa shape index (κ3) is 4.03. The zero-order valence-corrected chi connectivity index (χ0v) is 14.2. The summed E-state index contributed by atoms with van der Waals surface area (Å²) in [6, 6.07) is 5.83. The maximum Gasteiger partial charge on any atom is 0.253 e. The van der Waals surface area contributed by atoms with Crippen LogP contribution in [-0.4, -0.2) is 51.7 Å². The van der Waals surface area contributed by atoms with Crippen LogP contribution < -0.4 is 10.0 Å². The Morgan fingerprint density at radius 1 is 1.43 bits per heavy atom. The first-order valence-corrected chi connectivity index (χ1v) is 9.92. The number of carbonyl (C=O) groups is 1. The molecule has 1 aromatic carbocycles. The van der Waals surface area contributed by atoms with Crippen LogP contribution >= 0.6 is 0 Å². The number of amides is 1. The molecule has 0 saturated carbocycles.